The molecular weight excluding hydrogens is 1740 g/mol. The molecule has 4 aliphatic heterocycles. The number of rotatable bonds is 22. The average molecular weight is 1820 g/mol. The Hall–Kier alpha value is -18.9. The number of nitrogens with two attached hydrogens (primary N) is 1. The van der Waals surface area contributed by atoms with E-state index in [1.807, 2.05) is 154 Å². The number of amides is 7. The van der Waals surface area contributed by atoms with Gasteiger partial charge in [-0.2, -0.15) is 30.5 Å². The number of carbonyl (C=O) groups excluding carboxylic acids is 9. The number of Topliss-reactive ketones (excluding diaryl/α,β-unsaturated/α-hetero) is 1. The molecule has 136 heavy (non-hydrogen) atoms. The van der Waals surface area contributed by atoms with Crippen LogP contribution in [0.25, 0.3) is 67.9 Å². The van der Waals surface area contributed by atoms with Gasteiger partial charge in [0.15, 0.2) is 11.6 Å². The van der Waals surface area contributed by atoms with E-state index in [1.54, 1.807) is 117 Å². The Morgan fingerprint density at radius 2 is 0.846 bits per heavy atom. The Balaban J connectivity index is 0.000000138. The summed E-state index contributed by atoms with van der Waals surface area (Å²) in [6.07, 6.45) is 13.7. The van der Waals surface area contributed by atoms with Crippen molar-refractivity contribution in [1.82, 2.24) is 23.6 Å². The summed E-state index contributed by atoms with van der Waals surface area (Å²) in [6, 6.07) is 71.5. The maximum absolute atomic E-state index is 13.6. The summed E-state index contributed by atoms with van der Waals surface area (Å²) in [5.41, 5.74) is 16.9. The van der Waals surface area contributed by atoms with Gasteiger partial charge in [0.05, 0.1) is 93.8 Å². The summed E-state index contributed by atoms with van der Waals surface area (Å²) in [4.78, 5) is 161. The van der Waals surface area contributed by atoms with Crippen LogP contribution in [0.3, 0.4) is 0 Å². The van der Waals surface area contributed by atoms with E-state index in [4.69, 9.17) is 30.5 Å². The lowest BCUT2D eigenvalue weighted by molar-refractivity contribution is -0.146. The van der Waals surface area contributed by atoms with Crippen molar-refractivity contribution in [2.24, 2.45) is 21.0 Å². The Morgan fingerprint density at radius 3 is 1.36 bits per heavy atom. The van der Waals surface area contributed by atoms with Crippen LogP contribution in [0, 0.1) is 11.3 Å². The van der Waals surface area contributed by atoms with Gasteiger partial charge in [0.2, 0.25) is 0 Å². The highest BCUT2D eigenvalue weighted by Crippen LogP contribution is 2.37. The molecule has 4 aromatic heterocycles. The van der Waals surface area contributed by atoms with Crippen LogP contribution < -0.4 is 31.0 Å². The third-order valence-electron chi connectivity index (χ3n) is 22.5. The van der Waals surface area contributed by atoms with E-state index in [9.17, 15) is 72.7 Å². The van der Waals surface area contributed by atoms with Crippen molar-refractivity contribution in [3.63, 3.8) is 0 Å². The minimum atomic E-state index is -1.16. The van der Waals surface area contributed by atoms with Crippen molar-refractivity contribution in [2.45, 2.75) is 52.9 Å². The van der Waals surface area contributed by atoms with Crippen molar-refractivity contribution in [2.75, 3.05) is 33.6 Å². The van der Waals surface area contributed by atoms with Gasteiger partial charge in [-0.05, 0) is 167 Å². The lowest BCUT2D eigenvalue weighted by Crippen LogP contribution is -2.54. The fourth-order valence-corrected chi connectivity index (χ4v) is 15.6. The molecule has 10 aromatic carbocycles. The van der Waals surface area contributed by atoms with Gasteiger partial charge in [0.1, 0.15) is 29.9 Å². The summed E-state index contributed by atoms with van der Waals surface area (Å²) in [6.45, 7) is 7.58. The number of nitriles is 1. The van der Waals surface area contributed by atoms with Crippen LogP contribution in [0.5, 0.6) is 0 Å². The van der Waals surface area contributed by atoms with Crippen molar-refractivity contribution in [3.8, 4) is 6.07 Å². The predicted molar refractivity (Wildman–Crippen MR) is 509 cm³/mol. The van der Waals surface area contributed by atoms with E-state index in [0.29, 0.717) is 68.3 Å². The van der Waals surface area contributed by atoms with Gasteiger partial charge in [0.25, 0.3) is 29.5 Å². The van der Waals surface area contributed by atoms with Gasteiger partial charge in [-0.25, -0.2) is 38.5 Å². The van der Waals surface area contributed by atoms with Gasteiger partial charge in [-0.1, -0.05) is 140 Å². The number of carboxylic acid groups (broad SMARTS) is 4. The number of methoxy groups -OCH3 is 1. The maximum atomic E-state index is 13.6. The molecule has 676 valence electrons. The van der Waals surface area contributed by atoms with Gasteiger partial charge in [-0.3, -0.25) is 34.1 Å². The Kier molecular flexibility index (Phi) is 26.8. The summed E-state index contributed by atoms with van der Waals surface area (Å²) in [5, 5.41) is 68.1. The molecule has 4 aliphatic rings. The molecule has 0 radical (unpaired) electrons. The number of carboxylic acids is 4. The summed E-state index contributed by atoms with van der Waals surface area (Å²) >= 11 is 0. The van der Waals surface area contributed by atoms with Gasteiger partial charge < -0.3 is 53.9 Å². The second-order valence-electron chi connectivity index (χ2n) is 30.9. The number of imide groups is 2. The van der Waals surface area contributed by atoms with Crippen LogP contribution in [-0.2, 0) is 56.1 Å². The van der Waals surface area contributed by atoms with Crippen LogP contribution in [0.4, 0.5) is 27.5 Å². The van der Waals surface area contributed by atoms with Gasteiger partial charge in [-0.15, -0.1) is 5.10 Å². The molecule has 7 N–H and O–H groups in total. The van der Waals surface area contributed by atoms with Crippen LogP contribution in [-0.4, -0.2) is 147 Å². The Morgan fingerprint density at radius 1 is 0.434 bits per heavy atom. The van der Waals surface area contributed by atoms with E-state index in [-0.39, 0.29) is 81.6 Å². The second-order valence-corrected chi connectivity index (χ2v) is 30.9. The first-order valence-electron chi connectivity index (χ1n) is 42.1. The van der Waals surface area contributed by atoms with Crippen molar-refractivity contribution in [1.29, 1.82) is 5.26 Å². The smallest absolute Gasteiger partial charge is 0.335 e. The molecule has 7 amide bonds. The molecular formula is C103H80N14O19. The molecule has 0 bridgehead atoms. The van der Waals surface area contributed by atoms with Gasteiger partial charge in [0, 0.05) is 102 Å². The quantitative estimate of drug-likeness (QED) is 0.0159. The number of hydrogen-bond donors (Lipinski definition) is 6. The Bertz CT molecular complexity index is 7550. The number of carbonyl (C=O) groups is 13. The van der Waals surface area contributed by atoms with E-state index in [0.717, 1.165) is 64.9 Å². The summed E-state index contributed by atoms with van der Waals surface area (Å²) in [5.74, 6) is -7.95. The summed E-state index contributed by atoms with van der Waals surface area (Å²) < 4.78 is 17.2. The number of ether oxygens (including phenoxy) is 2. The lowest BCUT2D eigenvalue weighted by atomic mass is 10.00. The second kappa shape index (κ2) is 39.6. The molecule has 18 rings (SSSR count). The number of fused-ring (bicyclic) bond motifs is 4. The highest BCUT2D eigenvalue weighted by atomic mass is 16.5. The van der Waals surface area contributed by atoms with Crippen molar-refractivity contribution < 1.29 is 92.2 Å². The number of barbiturate groups is 1. The number of para-hydroxylation sites is 4. The normalized spacial score (nSPS) is 15.2. The monoisotopic (exact) mass is 1820 g/mol. The SMILES string of the molecule is CCOC(=O)C(C)n1cc(C=C2C(=O)N(c3ccc(C(=O)O)cc3)N=C2C)c2ccccc21.COC(=O)C(C)n1cc(/C=C2/C(=O)NC(=O)N(c3ccc(C(=O)O)cc3)C2=O)c2ccccc21.N#CCn1cc(/C=C2\C(=O)N(c3cccc(C(=O)O)c3)N=C2c2ccccc2)c2ccccc21.NC1=NN(c2ccc(C(=O)O)cc2)C(=O)C1=Cc1cn(CC(=O)c2ccccc2)c2ccccc12. The third kappa shape index (κ3) is 19.0. The number of hydrazone groups is 3. The van der Waals surface area contributed by atoms with Crippen LogP contribution >= 0.6 is 0 Å². The fourth-order valence-electron chi connectivity index (χ4n) is 15.6. The number of nitrogens with one attached hydrogen (secondary N) is 1. The number of anilines is 4. The zero-order valence-electron chi connectivity index (χ0n) is 73.0. The molecule has 2 atom stereocenters. The van der Waals surface area contributed by atoms with E-state index in [2.05, 4.69) is 26.7 Å². The number of ketones is 1. The number of nitrogens with zero attached hydrogens (tertiary/aromatic N) is 12. The lowest BCUT2D eigenvalue weighted by Gasteiger charge is -2.26. The fraction of sp³-hybridized carbons (Fsp3) is 0.0971. The van der Waals surface area contributed by atoms with Crippen LogP contribution in [0.2, 0.25) is 0 Å². The topological polar surface area (TPSA) is 453 Å². The molecule has 0 aliphatic carbocycles. The molecule has 1 saturated heterocycles. The largest absolute Gasteiger partial charge is 0.478 e. The minimum Gasteiger partial charge on any atom is -0.478 e. The number of aromatic carboxylic acids is 4. The standard InChI is InChI=1S/C27H20N4O4.C27H18N4O3.C25H23N3O5.C24H19N3O7/c28-25-22(26(33)31(29-25)20-12-10-18(11-13-20)27(34)35)14-19-15-30(23-9-5-4-8-21(19)23)16-24(32)17-6-2-1-3-7-17;28-13-14-30-17-20(22-11-4-5-12-24(22)30)16-23-25(18-7-2-1-3-8-18)29-31(26(23)32)21-10-6-9-19(15-21)27(33)34;1-4-33-25(32)16(3)27-14-18(20-7-5-6-8-22(20)27)13-21-15(2)26-28(23(21)29)19-11-9-17(10-12-19)24(30)31;1-13(23(32)34-2)26-12-15(17-5-3-4-6-19(17)26)11-18-20(28)25-24(33)27(21(18)29)16-9-7-14(8-10-16)22(30)31/h1-15H,16H2,(H2,28,29)(H,34,35);1-12,15-17H,14H2,(H,33,34);5-14,16H,4H2,1-3H3,(H,30,31);3-13H,1-2H3,(H,30,31)(H,25,28,33)/b;23-16-;;18-11-. The number of esters is 2. The van der Waals surface area contributed by atoms with Crippen LogP contribution in [0.1, 0.15) is 119 Å². The first kappa shape index (κ1) is 91.9. The maximum Gasteiger partial charge on any atom is 0.335 e. The summed E-state index contributed by atoms with van der Waals surface area (Å²) in [7, 11) is 1.28. The average Bonchev–Trinajstić information content (AvgIpc) is 1.50. The molecule has 1 fully saturated rings. The molecule has 33 nitrogen and oxygen atoms in total. The zero-order chi connectivity index (χ0) is 96.4. The van der Waals surface area contributed by atoms with E-state index < -0.39 is 65.7 Å². The minimum absolute atomic E-state index is 0.0204. The molecule has 8 heterocycles. The zero-order valence-corrected chi connectivity index (χ0v) is 73.0. The van der Waals surface area contributed by atoms with Crippen molar-refractivity contribution in [3.05, 3.63) is 358 Å². The number of hydrogen-bond acceptors (Lipinski definition) is 20. The highest BCUT2D eigenvalue weighted by molar-refractivity contribution is 6.40. The van der Waals surface area contributed by atoms with E-state index in [1.165, 1.54) is 96.0 Å². The third-order valence-corrected chi connectivity index (χ3v) is 22.5. The molecule has 0 spiro atoms. The molecule has 33 heteroatoms. The van der Waals surface area contributed by atoms with Crippen LogP contribution in [0.15, 0.2) is 317 Å². The number of benzene rings is 10. The predicted octanol–water partition coefficient (Wildman–Crippen LogP) is 15.6. The van der Waals surface area contributed by atoms with E-state index >= 15 is 0 Å². The molecule has 2 unspecified atom stereocenters. The molecule has 14 aromatic rings. The molecule has 0 saturated carbocycles. The van der Waals surface area contributed by atoms with Crippen molar-refractivity contribution >= 4 is 185 Å². The van der Waals surface area contributed by atoms with Gasteiger partial charge >= 0.3 is 41.8 Å². The first-order chi connectivity index (χ1) is 65.5. The number of amidine groups is 1. The Labute approximate surface area is 773 Å². The number of aromatic nitrogens is 4. The number of urea groups is 1. The highest BCUT2D eigenvalue weighted by Gasteiger charge is 2.39. The first-order valence-corrected chi connectivity index (χ1v) is 42.1.